The number of rotatable bonds is 2. The molecule has 0 unspecified atom stereocenters. The van der Waals surface area contributed by atoms with E-state index in [9.17, 15) is 4.79 Å². The number of aromatic nitrogens is 1. The van der Waals surface area contributed by atoms with Crippen LogP contribution in [0.2, 0.25) is 5.02 Å². The first-order valence-electron chi connectivity index (χ1n) is 4.61. The van der Waals surface area contributed by atoms with Crippen LogP contribution in [0.15, 0.2) is 36.5 Å². The molecule has 2 rings (SSSR count). The van der Waals surface area contributed by atoms with E-state index in [-0.39, 0.29) is 0 Å². The molecule has 2 aromatic rings. The van der Waals surface area contributed by atoms with Gasteiger partial charge in [-0.1, -0.05) is 11.6 Å². The molecule has 2 nitrogen and oxygen atoms in total. The Morgan fingerprint density at radius 1 is 1.20 bits per heavy atom. The van der Waals surface area contributed by atoms with Gasteiger partial charge in [-0.3, -0.25) is 4.79 Å². The Balaban J connectivity index is 2.49. The number of aldehydes is 1. The van der Waals surface area contributed by atoms with E-state index in [2.05, 4.69) is 0 Å². The lowest BCUT2D eigenvalue weighted by Gasteiger charge is -2.06. The third kappa shape index (κ3) is 1.81. The monoisotopic (exact) mass is 219 g/mol. The Bertz CT molecular complexity index is 485. The fourth-order valence-corrected chi connectivity index (χ4v) is 1.66. The van der Waals surface area contributed by atoms with Crippen LogP contribution in [-0.2, 0) is 0 Å². The van der Waals surface area contributed by atoms with E-state index < -0.39 is 0 Å². The lowest BCUT2D eigenvalue weighted by Crippen LogP contribution is -1.95. The molecule has 0 saturated heterocycles. The topological polar surface area (TPSA) is 22.0 Å². The van der Waals surface area contributed by atoms with Gasteiger partial charge >= 0.3 is 0 Å². The average molecular weight is 220 g/mol. The average Bonchev–Trinajstić information content (AvgIpc) is 2.61. The lowest BCUT2D eigenvalue weighted by molar-refractivity contribution is 0.112. The second-order valence-electron chi connectivity index (χ2n) is 3.32. The van der Waals surface area contributed by atoms with Crippen molar-refractivity contribution in [3.05, 3.63) is 52.8 Å². The lowest BCUT2D eigenvalue weighted by atomic mass is 10.2. The molecule has 0 amide bonds. The van der Waals surface area contributed by atoms with Crippen LogP contribution in [0.5, 0.6) is 0 Å². The summed E-state index contributed by atoms with van der Waals surface area (Å²) >= 11 is 5.81. The Labute approximate surface area is 93.1 Å². The molecular weight excluding hydrogens is 210 g/mol. The van der Waals surface area contributed by atoms with E-state index in [1.165, 1.54) is 0 Å². The van der Waals surface area contributed by atoms with Gasteiger partial charge in [-0.25, -0.2) is 0 Å². The normalized spacial score (nSPS) is 10.3. The molecule has 15 heavy (non-hydrogen) atoms. The number of halogens is 1. The van der Waals surface area contributed by atoms with Crippen molar-refractivity contribution in [2.45, 2.75) is 6.92 Å². The zero-order valence-electron chi connectivity index (χ0n) is 8.27. The van der Waals surface area contributed by atoms with Gasteiger partial charge in [0.2, 0.25) is 0 Å². The first kappa shape index (κ1) is 9.99. The molecule has 0 aliphatic carbocycles. The van der Waals surface area contributed by atoms with Gasteiger partial charge in [0.1, 0.15) is 0 Å². The van der Waals surface area contributed by atoms with Crippen molar-refractivity contribution in [1.29, 1.82) is 0 Å². The van der Waals surface area contributed by atoms with Crippen molar-refractivity contribution in [3.63, 3.8) is 0 Å². The summed E-state index contributed by atoms with van der Waals surface area (Å²) < 4.78 is 1.96. The van der Waals surface area contributed by atoms with Crippen LogP contribution in [0.4, 0.5) is 0 Å². The molecule has 1 aromatic carbocycles. The van der Waals surface area contributed by atoms with Crippen molar-refractivity contribution in [1.82, 2.24) is 4.57 Å². The molecule has 1 aromatic heterocycles. The molecule has 3 heteroatoms. The van der Waals surface area contributed by atoms with Crippen molar-refractivity contribution < 1.29 is 4.79 Å². The van der Waals surface area contributed by atoms with Crippen LogP contribution in [0, 0.1) is 6.92 Å². The second-order valence-corrected chi connectivity index (χ2v) is 3.76. The summed E-state index contributed by atoms with van der Waals surface area (Å²) in [6.07, 6.45) is 2.74. The van der Waals surface area contributed by atoms with Gasteiger partial charge in [0.25, 0.3) is 0 Å². The van der Waals surface area contributed by atoms with Gasteiger partial charge in [0, 0.05) is 28.2 Å². The maximum Gasteiger partial charge on any atom is 0.151 e. The number of carbonyl (C=O) groups is 1. The van der Waals surface area contributed by atoms with Crippen molar-refractivity contribution >= 4 is 17.9 Å². The molecule has 0 fully saturated rings. The molecular formula is C12H10ClNO. The summed E-state index contributed by atoms with van der Waals surface area (Å²) in [4.78, 5) is 10.7. The van der Waals surface area contributed by atoms with E-state index in [4.69, 9.17) is 11.6 Å². The SMILES string of the molecule is Cc1c(C=O)ccn1-c1ccc(Cl)cc1. The quantitative estimate of drug-likeness (QED) is 0.711. The standard InChI is InChI=1S/C12H10ClNO/c1-9-10(8-15)6-7-14(9)12-4-2-11(13)3-5-12/h2-8H,1H3. The first-order chi connectivity index (χ1) is 7.22. The minimum absolute atomic E-state index is 0.708. The molecule has 0 aliphatic rings. The molecule has 1 heterocycles. The fraction of sp³-hybridized carbons (Fsp3) is 0.0833. The Kier molecular flexibility index (Phi) is 2.60. The predicted octanol–water partition coefficient (Wildman–Crippen LogP) is 3.25. The van der Waals surface area contributed by atoms with Crippen LogP contribution < -0.4 is 0 Å². The zero-order valence-corrected chi connectivity index (χ0v) is 9.03. The summed E-state index contributed by atoms with van der Waals surface area (Å²) in [5, 5.41) is 0.708. The highest BCUT2D eigenvalue weighted by Crippen LogP contribution is 2.17. The molecule has 0 N–H and O–H groups in total. The smallest absolute Gasteiger partial charge is 0.151 e. The van der Waals surface area contributed by atoms with E-state index >= 15 is 0 Å². The fourth-order valence-electron chi connectivity index (χ4n) is 1.53. The highest BCUT2D eigenvalue weighted by molar-refractivity contribution is 6.30. The minimum Gasteiger partial charge on any atom is -0.320 e. The highest BCUT2D eigenvalue weighted by atomic mass is 35.5. The van der Waals surface area contributed by atoms with Crippen LogP contribution in [-0.4, -0.2) is 10.9 Å². The van der Waals surface area contributed by atoms with Crippen LogP contribution in [0.3, 0.4) is 0 Å². The first-order valence-corrected chi connectivity index (χ1v) is 4.99. The third-order valence-corrected chi connectivity index (χ3v) is 2.67. The molecule has 0 bridgehead atoms. The third-order valence-electron chi connectivity index (χ3n) is 2.41. The van der Waals surface area contributed by atoms with Crippen molar-refractivity contribution in [3.8, 4) is 5.69 Å². The van der Waals surface area contributed by atoms with Gasteiger partial charge in [0.05, 0.1) is 0 Å². The highest BCUT2D eigenvalue weighted by Gasteiger charge is 2.04. The summed E-state index contributed by atoms with van der Waals surface area (Å²) in [5.41, 5.74) is 2.65. The molecule has 0 atom stereocenters. The molecule has 0 saturated carbocycles. The van der Waals surface area contributed by atoms with Crippen molar-refractivity contribution in [2.24, 2.45) is 0 Å². The van der Waals surface area contributed by atoms with E-state index in [1.807, 2.05) is 42.0 Å². The minimum atomic E-state index is 0.708. The zero-order chi connectivity index (χ0) is 10.8. The Morgan fingerprint density at radius 3 is 2.40 bits per heavy atom. The number of hydrogen-bond acceptors (Lipinski definition) is 1. The van der Waals surface area contributed by atoms with Crippen LogP contribution in [0.25, 0.3) is 5.69 Å². The summed E-state index contributed by atoms with van der Waals surface area (Å²) in [6, 6.07) is 9.30. The molecule has 0 aliphatic heterocycles. The Morgan fingerprint density at radius 2 is 1.87 bits per heavy atom. The molecule has 0 spiro atoms. The number of hydrogen-bond donors (Lipinski definition) is 0. The van der Waals surface area contributed by atoms with E-state index in [0.717, 1.165) is 17.7 Å². The summed E-state index contributed by atoms with van der Waals surface area (Å²) in [7, 11) is 0. The maximum absolute atomic E-state index is 10.7. The summed E-state index contributed by atoms with van der Waals surface area (Å²) in [6.45, 7) is 1.92. The second kappa shape index (κ2) is 3.91. The van der Waals surface area contributed by atoms with Gasteiger partial charge in [-0.2, -0.15) is 0 Å². The molecule has 76 valence electrons. The maximum atomic E-state index is 10.7. The molecule has 0 radical (unpaired) electrons. The van der Waals surface area contributed by atoms with E-state index in [0.29, 0.717) is 10.6 Å². The van der Waals surface area contributed by atoms with Crippen LogP contribution >= 0.6 is 11.6 Å². The predicted molar refractivity (Wildman–Crippen MR) is 60.9 cm³/mol. The number of carbonyl (C=O) groups excluding carboxylic acids is 1. The van der Waals surface area contributed by atoms with E-state index in [1.54, 1.807) is 6.07 Å². The summed E-state index contributed by atoms with van der Waals surface area (Å²) in [5.74, 6) is 0. The largest absolute Gasteiger partial charge is 0.320 e. The van der Waals surface area contributed by atoms with Gasteiger partial charge in [-0.15, -0.1) is 0 Å². The van der Waals surface area contributed by atoms with Gasteiger partial charge < -0.3 is 4.57 Å². The Hall–Kier alpha value is -1.54. The number of benzene rings is 1. The van der Waals surface area contributed by atoms with Crippen LogP contribution in [0.1, 0.15) is 16.1 Å². The van der Waals surface area contributed by atoms with Gasteiger partial charge in [0.15, 0.2) is 6.29 Å². The van der Waals surface area contributed by atoms with Crippen molar-refractivity contribution in [2.75, 3.05) is 0 Å². The van der Waals surface area contributed by atoms with Gasteiger partial charge in [-0.05, 0) is 37.3 Å². The number of nitrogens with zero attached hydrogens (tertiary/aromatic N) is 1.